The average molecular weight is 556 g/mol. The van der Waals surface area contributed by atoms with Gasteiger partial charge in [-0.2, -0.15) is 0 Å². The number of hydrogen-bond donors (Lipinski definition) is 3. The summed E-state index contributed by atoms with van der Waals surface area (Å²) < 4.78 is 10.7. The molecule has 0 saturated carbocycles. The van der Waals surface area contributed by atoms with Gasteiger partial charge in [0.2, 0.25) is 5.91 Å². The minimum atomic E-state index is -1.12. The Hall–Kier alpha value is -3.75. The van der Waals surface area contributed by atoms with Gasteiger partial charge in [0, 0.05) is 11.2 Å². The maximum absolute atomic E-state index is 14.4. The summed E-state index contributed by atoms with van der Waals surface area (Å²) in [5.41, 5.74) is -0.611. The van der Waals surface area contributed by atoms with Crippen molar-refractivity contribution in [2.75, 3.05) is 12.4 Å². The molecule has 2 aromatic rings. The van der Waals surface area contributed by atoms with Crippen molar-refractivity contribution < 1.29 is 29.0 Å². The highest BCUT2D eigenvalue weighted by molar-refractivity contribution is 5.99. The summed E-state index contributed by atoms with van der Waals surface area (Å²) in [5.74, 6) is -0.234. The number of methoxy groups -OCH3 is 1. The summed E-state index contributed by atoms with van der Waals surface area (Å²) in [6.07, 6.45) is 0.142. The number of amides is 3. The van der Waals surface area contributed by atoms with Crippen molar-refractivity contribution >= 4 is 23.6 Å². The quantitative estimate of drug-likeness (QED) is 0.311. The van der Waals surface area contributed by atoms with Crippen LogP contribution in [0.1, 0.15) is 79.8 Å². The normalized spacial score (nSPS) is 13.2. The first kappa shape index (κ1) is 32.5. The van der Waals surface area contributed by atoms with Gasteiger partial charge in [0.25, 0.3) is 5.91 Å². The van der Waals surface area contributed by atoms with E-state index in [1.54, 1.807) is 64.3 Å². The molecule has 220 valence electrons. The third-order valence-electron chi connectivity index (χ3n) is 6.50. The van der Waals surface area contributed by atoms with Gasteiger partial charge in [-0.25, -0.2) is 4.79 Å². The zero-order valence-electron chi connectivity index (χ0n) is 25.2. The second-order valence-electron chi connectivity index (χ2n) is 11.9. The van der Waals surface area contributed by atoms with Crippen LogP contribution in [0.4, 0.5) is 10.5 Å². The molecule has 2 unspecified atom stereocenters. The van der Waals surface area contributed by atoms with E-state index in [9.17, 15) is 19.5 Å². The van der Waals surface area contributed by atoms with Crippen molar-refractivity contribution in [2.24, 2.45) is 5.92 Å². The van der Waals surface area contributed by atoms with Gasteiger partial charge in [-0.15, -0.1) is 0 Å². The topological polar surface area (TPSA) is 117 Å². The number of hydrogen-bond acceptors (Lipinski definition) is 6. The number of carbonyl (C=O) groups is 3. The monoisotopic (exact) mass is 555 g/mol. The van der Waals surface area contributed by atoms with Gasteiger partial charge < -0.3 is 30.1 Å². The Morgan fingerprint density at radius 1 is 1.00 bits per heavy atom. The standard InChI is InChI=1S/C31H45N3O6/c1-10-31(7,8)34(28(37)25(18-20(2)3)33-29(38)40-30(4,5)6)26(21-12-11-13-23(35)19-21)27(36)32-22-14-16-24(39-9)17-15-22/h11-17,19-20,25-26,35H,10,18H2,1-9H3,(H,32,36)(H,33,38). The first-order valence-corrected chi connectivity index (χ1v) is 13.6. The minimum absolute atomic E-state index is 0.0351. The average Bonchev–Trinajstić information content (AvgIpc) is 2.85. The summed E-state index contributed by atoms with van der Waals surface area (Å²) >= 11 is 0. The molecular formula is C31H45N3O6. The highest BCUT2D eigenvalue weighted by Gasteiger charge is 2.43. The molecule has 3 N–H and O–H groups in total. The molecule has 0 fully saturated rings. The largest absolute Gasteiger partial charge is 0.508 e. The summed E-state index contributed by atoms with van der Waals surface area (Å²) in [6, 6.07) is 11.1. The van der Waals surface area contributed by atoms with E-state index in [1.807, 2.05) is 34.6 Å². The predicted octanol–water partition coefficient (Wildman–Crippen LogP) is 6.04. The number of phenols is 1. The lowest BCUT2D eigenvalue weighted by Crippen LogP contribution is -2.59. The summed E-state index contributed by atoms with van der Waals surface area (Å²) in [7, 11) is 1.56. The van der Waals surface area contributed by atoms with E-state index in [-0.39, 0.29) is 11.7 Å². The van der Waals surface area contributed by atoms with Crippen molar-refractivity contribution in [3.63, 3.8) is 0 Å². The van der Waals surface area contributed by atoms with E-state index in [1.165, 1.54) is 17.0 Å². The molecule has 0 heterocycles. The molecular weight excluding hydrogens is 510 g/mol. The fraction of sp³-hybridized carbons (Fsp3) is 0.516. The first-order chi connectivity index (χ1) is 18.6. The molecule has 0 spiro atoms. The van der Waals surface area contributed by atoms with Crippen LogP contribution < -0.4 is 15.4 Å². The molecule has 0 radical (unpaired) electrons. The van der Waals surface area contributed by atoms with Crippen LogP contribution in [0.5, 0.6) is 11.5 Å². The van der Waals surface area contributed by atoms with Crippen LogP contribution in [0.25, 0.3) is 0 Å². The van der Waals surface area contributed by atoms with Gasteiger partial charge >= 0.3 is 6.09 Å². The van der Waals surface area contributed by atoms with Gasteiger partial charge in [-0.3, -0.25) is 9.59 Å². The van der Waals surface area contributed by atoms with Crippen LogP contribution in [0.15, 0.2) is 48.5 Å². The Bertz CT molecular complexity index is 1150. The van der Waals surface area contributed by atoms with Crippen LogP contribution in [-0.4, -0.2) is 52.2 Å². The predicted molar refractivity (Wildman–Crippen MR) is 156 cm³/mol. The van der Waals surface area contributed by atoms with Crippen molar-refractivity contribution in [1.29, 1.82) is 0 Å². The van der Waals surface area contributed by atoms with Crippen LogP contribution in [0.2, 0.25) is 0 Å². The molecule has 0 aliphatic carbocycles. The maximum Gasteiger partial charge on any atom is 0.408 e. The number of aromatic hydroxyl groups is 1. The smallest absolute Gasteiger partial charge is 0.408 e. The van der Waals surface area contributed by atoms with Crippen molar-refractivity contribution in [1.82, 2.24) is 10.2 Å². The van der Waals surface area contributed by atoms with Gasteiger partial charge in [0.05, 0.1) is 7.11 Å². The molecule has 9 heteroatoms. The van der Waals surface area contributed by atoms with E-state index in [0.29, 0.717) is 29.8 Å². The molecule has 2 atom stereocenters. The Morgan fingerprint density at radius 3 is 2.12 bits per heavy atom. The van der Waals surface area contributed by atoms with E-state index < -0.39 is 41.1 Å². The number of phenolic OH excluding ortho intramolecular Hbond substituents is 1. The fourth-order valence-corrected chi connectivity index (χ4v) is 4.25. The van der Waals surface area contributed by atoms with Crippen LogP contribution in [0.3, 0.4) is 0 Å². The zero-order chi connectivity index (χ0) is 30.3. The number of alkyl carbamates (subject to hydrolysis) is 1. The Morgan fingerprint density at radius 2 is 1.62 bits per heavy atom. The Kier molecular flexibility index (Phi) is 11.0. The number of ether oxygens (including phenoxy) is 2. The third kappa shape index (κ3) is 9.17. The fourth-order valence-electron chi connectivity index (χ4n) is 4.25. The summed E-state index contributed by atoms with van der Waals surface area (Å²) in [6.45, 7) is 14.8. The van der Waals surface area contributed by atoms with Gasteiger partial charge in [0.15, 0.2) is 0 Å². The lowest BCUT2D eigenvalue weighted by Gasteiger charge is -2.44. The molecule has 0 saturated heterocycles. The molecule has 0 aliphatic rings. The van der Waals surface area contributed by atoms with Crippen LogP contribution in [-0.2, 0) is 14.3 Å². The number of nitrogens with one attached hydrogen (secondary N) is 2. The highest BCUT2D eigenvalue weighted by atomic mass is 16.6. The molecule has 0 bridgehead atoms. The molecule has 0 aromatic heterocycles. The molecule has 40 heavy (non-hydrogen) atoms. The molecule has 2 rings (SSSR count). The molecule has 9 nitrogen and oxygen atoms in total. The first-order valence-electron chi connectivity index (χ1n) is 13.6. The number of benzene rings is 2. The lowest BCUT2D eigenvalue weighted by atomic mass is 9.90. The SMILES string of the molecule is CCC(C)(C)N(C(=O)C(CC(C)C)NC(=O)OC(C)(C)C)C(C(=O)Nc1ccc(OC)cc1)c1cccc(O)c1. The summed E-state index contributed by atoms with van der Waals surface area (Å²) in [5, 5.41) is 16.0. The van der Waals surface area contributed by atoms with Crippen molar-refractivity contribution in [2.45, 2.75) is 91.5 Å². The second kappa shape index (κ2) is 13.5. The number of nitrogens with zero attached hydrogens (tertiary/aromatic N) is 1. The maximum atomic E-state index is 14.4. The zero-order valence-corrected chi connectivity index (χ0v) is 25.2. The van der Waals surface area contributed by atoms with E-state index in [2.05, 4.69) is 10.6 Å². The van der Waals surface area contributed by atoms with E-state index in [4.69, 9.17) is 9.47 Å². The molecule has 0 aliphatic heterocycles. The summed E-state index contributed by atoms with van der Waals surface area (Å²) in [4.78, 5) is 42.7. The molecule has 3 amide bonds. The van der Waals surface area contributed by atoms with E-state index >= 15 is 0 Å². The van der Waals surface area contributed by atoms with E-state index in [0.717, 1.165) is 0 Å². The second-order valence-corrected chi connectivity index (χ2v) is 11.9. The molecule has 2 aromatic carbocycles. The van der Waals surface area contributed by atoms with Crippen LogP contribution in [0, 0.1) is 5.92 Å². The lowest BCUT2D eigenvalue weighted by molar-refractivity contribution is -0.148. The number of anilines is 1. The number of carbonyl (C=O) groups excluding carboxylic acids is 3. The third-order valence-corrected chi connectivity index (χ3v) is 6.50. The van der Waals surface area contributed by atoms with Crippen molar-refractivity contribution in [3.8, 4) is 11.5 Å². The number of rotatable bonds is 11. The van der Waals surface area contributed by atoms with Crippen LogP contribution >= 0.6 is 0 Å². The Balaban J connectivity index is 2.62. The van der Waals surface area contributed by atoms with Gasteiger partial charge in [-0.05, 0) is 95.3 Å². The van der Waals surface area contributed by atoms with Crippen molar-refractivity contribution in [3.05, 3.63) is 54.1 Å². The van der Waals surface area contributed by atoms with Gasteiger partial charge in [-0.1, -0.05) is 32.9 Å². The minimum Gasteiger partial charge on any atom is -0.508 e. The van der Waals surface area contributed by atoms with Gasteiger partial charge in [0.1, 0.15) is 29.2 Å². The highest BCUT2D eigenvalue weighted by Crippen LogP contribution is 2.34. The Labute approximate surface area is 238 Å².